The quantitative estimate of drug-likeness (QED) is 0.786. The molecule has 0 unspecified atom stereocenters. The van der Waals surface area contributed by atoms with Crippen molar-refractivity contribution in [1.82, 2.24) is 15.3 Å². The smallest absolute Gasteiger partial charge is 0.256 e. The summed E-state index contributed by atoms with van der Waals surface area (Å²) in [5, 5.41) is 3.58. The van der Waals surface area contributed by atoms with Crippen LogP contribution in [0.3, 0.4) is 0 Å². The first-order chi connectivity index (χ1) is 12.1. The molecule has 0 atom stereocenters. The van der Waals surface area contributed by atoms with Crippen LogP contribution in [0.2, 0.25) is 0 Å². The molecule has 1 aliphatic rings. The Morgan fingerprint density at radius 2 is 2.08 bits per heavy atom. The van der Waals surface area contributed by atoms with Gasteiger partial charge >= 0.3 is 0 Å². The van der Waals surface area contributed by atoms with Crippen LogP contribution in [0.15, 0.2) is 27.2 Å². The fourth-order valence-corrected chi connectivity index (χ4v) is 3.30. The van der Waals surface area contributed by atoms with Crippen LogP contribution in [0.25, 0.3) is 11.1 Å². The zero-order valence-electron chi connectivity index (χ0n) is 14.3. The Bertz CT molecular complexity index is 908. The molecule has 7 nitrogen and oxygen atoms in total. The van der Waals surface area contributed by atoms with E-state index in [1.807, 2.05) is 13.0 Å². The number of amides is 1. The van der Waals surface area contributed by atoms with Gasteiger partial charge in [-0.05, 0) is 38.8 Å². The van der Waals surface area contributed by atoms with E-state index in [1.165, 1.54) is 0 Å². The van der Waals surface area contributed by atoms with Crippen LogP contribution in [0.1, 0.15) is 40.5 Å². The Hall–Kier alpha value is -2.83. The second-order valence-electron chi connectivity index (χ2n) is 6.26. The number of carbonyl (C=O) groups is 1. The molecule has 1 aliphatic heterocycles. The normalized spacial score (nSPS) is 14.4. The van der Waals surface area contributed by atoms with Crippen LogP contribution in [0.5, 0.6) is 0 Å². The fourth-order valence-electron chi connectivity index (χ4n) is 3.30. The van der Waals surface area contributed by atoms with Gasteiger partial charge in [-0.3, -0.25) is 4.79 Å². The molecule has 0 saturated carbocycles. The fraction of sp³-hybridized carbons (Fsp3) is 0.389. The molecule has 1 fully saturated rings. The van der Waals surface area contributed by atoms with Gasteiger partial charge in [-0.2, -0.15) is 4.98 Å². The number of nitrogens with zero attached hydrogens (tertiary/aromatic N) is 3. The third kappa shape index (κ3) is 2.86. The minimum Gasteiger partial charge on any atom is -0.467 e. The number of hydrogen-bond donors (Lipinski definition) is 1. The molecular formula is C18H20N4O3. The third-order valence-corrected chi connectivity index (χ3v) is 4.46. The predicted molar refractivity (Wildman–Crippen MR) is 92.6 cm³/mol. The molecule has 0 aliphatic carbocycles. The van der Waals surface area contributed by atoms with Crippen molar-refractivity contribution < 1.29 is 13.6 Å². The number of carbonyl (C=O) groups excluding carboxylic acids is 1. The number of aryl methyl sites for hydroxylation is 2. The standard InChI is InChI=1S/C18H20N4O3/c1-11-14(17(23)19-10-13-6-5-9-24-13)15-16(22-7-3-4-8-22)20-12(2)21-18(15)25-11/h5-6,9H,3-4,7-8,10H2,1-2H3,(H,19,23). The number of anilines is 1. The highest BCUT2D eigenvalue weighted by Gasteiger charge is 2.27. The summed E-state index contributed by atoms with van der Waals surface area (Å²) in [5.41, 5.74) is 0.971. The van der Waals surface area contributed by atoms with Crippen molar-refractivity contribution in [2.45, 2.75) is 33.2 Å². The molecule has 3 aromatic rings. The van der Waals surface area contributed by atoms with E-state index in [0.29, 0.717) is 40.6 Å². The number of rotatable bonds is 4. The second kappa shape index (κ2) is 6.23. The molecule has 1 N–H and O–H groups in total. The Morgan fingerprint density at radius 1 is 1.28 bits per heavy atom. The van der Waals surface area contributed by atoms with Gasteiger partial charge in [0.1, 0.15) is 23.2 Å². The lowest BCUT2D eigenvalue weighted by molar-refractivity contribution is 0.0948. The minimum absolute atomic E-state index is 0.208. The molecule has 3 aromatic heterocycles. The van der Waals surface area contributed by atoms with E-state index in [-0.39, 0.29) is 5.91 Å². The molecule has 4 heterocycles. The monoisotopic (exact) mass is 340 g/mol. The maximum atomic E-state index is 12.8. The summed E-state index contributed by atoms with van der Waals surface area (Å²) < 4.78 is 11.0. The highest BCUT2D eigenvalue weighted by molar-refractivity contribution is 6.10. The molecule has 0 radical (unpaired) electrons. The Labute approximate surface area is 145 Å². The van der Waals surface area contributed by atoms with E-state index in [1.54, 1.807) is 19.3 Å². The van der Waals surface area contributed by atoms with Crippen LogP contribution in [0.4, 0.5) is 5.82 Å². The molecule has 0 aromatic carbocycles. The maximum Gasteiger partial charge on any atom is 0.256 e. The van der Waals surface area contributed by atoms with Crippen molar-refractivity contribution in [3.05, 3.63) is 41.3 Å². The van der Waals surface area contributed by atoms with Crippen LogP contribution in [0, 0.1) is 13.8 Å². The number of aromatic nitrogens is 2. The van der Waals surface area contributed by atoms with Crippen LogP contribution in [-0.2, 0) is 6.54 Å². The lowest BCUT2D eigenvalue weighted by Gasteiger charge is -2.17. The van der Waals surface area contributed by atoms with Gasteiger partial charge in [-0.1, -0.05) is 0 Å². The topological polar surface area (TPSA) is 84.4 Å². The van der Waals surface area contributed by atoms with Crippen LogP contribution >= 0.6 is 0 Å². The second-order valence-corrected chi connectivity index (χ2v) is 6.26. The maximum absolute atomic E-state index is 12.8. The Kier molecular flexibility index (Phi) is 3.91. The molecule has 130 valence electrons. The lowest BCUT2D eigenvalue weighted by Crippen LogP contribution is -2.24. The van der Waals surface area contributed by atoms with E-state index in [9.17, 15) is 4.79 Å². The summed E-state index contributed by atoms with van der Waals surface area (Å²) in [6.07, 6.45) is 3.84. The van der Waals surface area contributed by atoms with Crippen LogP contribution in [-0.4, -0.2) is 29.0 Å². The van der Waals surface area contributed by atoms with Gasteiger partial charge in [-0.25, -0.2) is 4.98 Å². The SMILES string of the molecule is Cc1nc(N2CCCC2)c2c(C(=O)NCc3ccco3)c(C)oc2n1. The highest BCUT2D eigenvalue weighted by Crippen LogP contribution is 2.33. The first-order valence-corrected chi connectivity index (χ1v) is 8.47. The van der Waals surface area contributed by atoms with E-state index < -0.39 is 0 Å². The highest BCUT2D eigenvalue weighted by atomic mass is 16.3. The summed E-state index contributed by atoms with van der Waals surface area (Å²) in [6.45, 7) is 5.82. The Balaban J connectivity index is 1.74. The third-order valence-electron chi connectivity index (χ3n) is 4.46. The molecule has 0 spiro atoms. The minimum atomic E-state index is -0.208. The van der Waals surface area contributed by atoms with Crippen LogP contribution < -0.4 is 10.2 Å². The molecule has 1 amide bonds. The summed E-state index contributed by atoms with van der Waals surface area (Å²) in [4.78, 5) is 24.0. The van der Waals surface area contributed by atoms with Crippen molar-refractivity contribution in [1.29, 1.82) is 0 Å². The molecule has 0 bridgehead atoms. The van der Waals surface area contributed by atoms with Gasteiger partial charge < -0.3 is 19.1 Å². The van der Waals surface area contributed by atoms with Gasteiger partial charge in [0, 0.05) is 13.1 Å². The number of furan rings is 2. The lowest BCUT2D eigenvalue weighted by atomic mass is 10.1. The molecule has 4 rings (SSSR count). The van der Waals surface area contributed by atoms with Gasteiger partial charge in [0.25, 0.3) is 5.91 Å². The first kappa shape index (κ1) is 15.7. The Morgan fingerprint density at radius 3 is 2.80 bits per heavy atom. The average molecular weight is 340 g/mol. The summed E-state index contributed by atoms with van der Waals surface area (Å²) >= 11 is 0. The van der Waals surface area contributed by atoms with Gasteiger partial charge in [-0.15, -0.1) is 0 Å². The molecular weight excluding hydrogens is 320 g/mol. The largest absolute Gasteiger partial charge is 0.467 e. The summed E-state index contributed by atoms with van der Waals surface area (Å²) in [7, 11) is 0. The average Bonchev–Trinajstić information content (AvgIpc) is 3.32. The van der Waals surface area contributed by atoms with E-state index in [0.717, 1.165) is 31.7 Å². The first-order valence-electron chi connectivity index (χ1n) is 8.47. The van der Waals surface area contributed by atoms with Crippen molar-refractivity contribution >= 4 is 22.8 Å². The van der Waals surface area contributed by atoms with Crippen molar-refractivity contribution in [3.8, 4) is 0 Å². The zero-order chi connectivity index (χ0) is 17.4. The number of hydrogen-bond acceptors (Lipinski definition) is 6. The van der Waals surface area contributed by atoms with E-state index >= 15 is 0 Å². The van der Waals surface area contributed by atoms with E-state index in [4.69, 9.17) is 8.83 Å². The number of nitrogens with one attached hydrogen (secondary N) is 1. The van der Waals surface area contributed by atoms with Gasteiger partial charge in [0.2, 0.25) is 5.71 Å². The van der Waals surface area contributed by atoms with Crippen molar-refractivity contribution in [2.75, 3.05) is 18.0 Å². The summed E-state index contributed by atoms with van der Waals surface area (Å²) in [5.74, 6) is 2.48. The predicted octanol–water partition coefficient (Wildman–Crippen LogP) is 2.96. The molecule has 7 heteroatoms. The van der Waals surface area contributed by atoms with Gasteiger partial charge in [0.15, 0.2) is 0 Å². The number of fused-ring (bicyclic) bond motifs is 1. The summed E-state index contributed by atoms with van der Waals surface area (Å²) in [6, 6.07) is 3.62. The zero-order valence-corrected chi connectivity index (χ0v) is 14.3. The van der Waals surface area contributed by atoms with Crippen molar-refractivity contribution in [3.63, 3.8) is 0 Å². The van der Waals surface area contributed by atoms with E-state index in [2.05, 4.69) is 20.2 Å². The van der Waals surface area contributed by atoms with Crippen molar-refractivity contribution in [2.24, 2.45) is 0 Å². The molecule has 1 saturated heterocycles. The van der Waals surface area contributed by atoms with Gasteiger partial charge in [0.05, 0.1) is 23.8 Å². The molecule has 25 heavy (non-hydrogen) atoms.